The van der Waals surface area contributed by atoms with Crippen molar-refractivity contribution < 1.29 is 32.3 Å². The van der Waals surface area contributed by atoms with Crippen molar-refractivity contribution in [2.75, 3.05) is 33.3 Å². The van der Waals surface area contributed by atoms with Crippen LogP contribution in [-0.4, -0.2) is 74.9 Å². The Morgan fingerprint density at radius 1 is 1.10 bits per heavy atom. The summed E-state index contributed by atoms with van der Waals surface area (Å²) in [6.45, 7) is 2.73. The van der Waals surface area contributed by atoms with Crippen molar-refractivity contribution in [2.45, 2.75) is 43.6 Å². The Morgan fingerprint density at radius 2 is 1.77 bits per heavy atom. The molecule has 0 bridgehead atoms. The number of methoxy groups -OCH3 is 1. The van der Waals surface area contributed by atoms with Crippen LogP contribution in [0.15, 0.2) is 23.1 Å². The molecular weight excluding hydrogens is 426 g/mol. The molecule has 1 N–H and O–H groups in total. The van der Waals surface area contributed by atoms with E-state index in [9.17, 15) is 22.8 Å². The Labute approximate surface area is 181 Å². The molecule has 2 aliphatic heterocycles. The molecule has 0 aromatic heterocycles. The molecule has 1 aromatic rings. The van der Waals surface area contributed by atoms with Gasteiger partial charge in [0.2, 0.25) is 10.0 Å². The lowest BCUT2D eigenvalue weighted by atomic mass is 10.2. The minimum absolute atomic E-state index is 0.0416. The number of sulfonamides is 1. The van der Waals surface area contributed by atoms with Crippen LogP contribution in [0.5, 0.6) is 5.75 Å². The average Bonchev–Trinajstić information content (AvgIpc) is 3.00. The minimum atomic E-state index is -3.79. The monoisotopic (exact) mass is 453 g/mol. The third kappa shape index (κ3) is 4.99. The first-order valence-corrected chi connectivity index (χ1v) is 11.7. The molecule has 10 nitrogen and oxygen atoms in total. The molecule has 11 heteroatoms. The highest BCUT2D eigenvalue weighted by Gasteiger charge is 2.33. The van der Waals surface area contributed by atoms with Crippen molar-refractivity contribution in [1.29, 1.82) is 0 Å². The minimum Gasteiger partial charge on any atom is -0.496 e. The fourth-order valence-electron chi connectivity index (χ4n) is 3.61. The van der Waals surface area contributed by atoms with Crippen molar-refractivity contribution in [1.82, 2.24) is 14.5 Å². The smallest absolute Gasteiger partial charge is 0.342 e. The molecule has 0 radical (unpaired) electrons. The topological polar surface area (TPSA) is 122 Å². The van der Waals surface area contributed by atoms with Crippen LogP contribution >= 0.6 is 0 Å². The van der Waals surface area contributed by atoms with Crippen molar-refractivity contribution in [2.24, 2.45) is 0 Å². The number of nitrogens with zero attached hydrogens (tertiary/aromatic N) is 2. The van der Waals surface area contributed by atoms with E-state index in [1.807, 2.05) is 0 Å². The third-order valence-corrected chi connectivity index (χ3v) is 7.24. The molecule has 3 rings (SSSR count). The second kappa shape index (κ2) is 9.65. The van der Waals surface area contributed by atoms with Gasteiger partial charge in [-0.1, -0.05) is 12.8 Å². The summed E-state index contributed by atoms with van der Waals surface area (Å²) in [5.41, 5.74) is -0.107. The molecule has 0 saturated carbocycles. The highest BCUT2D eigenvalue weighted by molar-refractivity contribution is 7.89. The van der Waals surface area contributed by atoms with Gasteiger partial charge in [-0.3, -0.25) is 9.69 Å². The zero-order valence-corrected chi connectivity index (χ0v) is 18.4. The summed E-state index contributed by atoms with van der Waals surface area (Å²) in [7, 11) is -2.44. The maximum absolute atomic E-state index is 13.1. The molecule has 3 amide bonds. The van der Waals surface area contributed by atoms with Gasteiger partial charge in [0.15, 0.2) is 6.10 Å². The van der Waals surface area contributed by atoms with Crippen LogP contribution in [0.4, 0.5) is 4.79 Å². The van der Waals surface area contributed by atoms with Gasteiger partial charge in [0, 0.05) is 26.2 Å². The molecule has 2 saturated heterocycles. The van der Waals surface area contributed by atoms with E-state index in [-0.39, 0.29) is 22.8 Å². The Kier molecular flexibility index (Phi) is 7.16. The Balaban J connectivity index is 1.82. The summed E-state index contributed by atoms with van der Waals surface area (Å²) in [6.07, 6.45) is 2.30. The molecule has 170 valence electrons. The number of imide groups is 1. The number of hydrogen-bond acceptors (Lipinski definition) is 7. The maximum Gasteiger partial charge on any atom is 0.342 e. The van der Waals surface area contributed by atoms with E-state index in [0.717, 1.165) is 30.6 Å². The van der Waals surface area contributed by atoms with E-state index in [1.165, 1.54) is 36.5 Å². The van der Waals surface area contributed by atoms with Gasteiger partial charge in [0.1, 0.15) is 11.3 Å². The molecule has 2 aliphatic rings. The summed E-state index contributed by atoms with van der Waals surface area (Å²) in [6, 6.07) is 3.44. The van der Waals surface area contributed by atoms with E-state index in [4.69, 9.17) is 9.47 Å². The third-order valence-electron chi connectivity index (χ3n) is 5.35. The van der Waals surface area contributed by atoms with Crippen LogP contribution in [0.25, 0.3) is 0 Å². The van der Waals surface area contributed by atoms with Crippen LogP contribution in [0.3, 0.4) is 0 Å². The predicted molar refractivity (Wildman–Crippen MR) is 110 cm³/mol. The molecule has 0 unspecified atom stereocenters. The summed E-state index contributed by atoms with van der Waals surface area (Å²) in [4.78, 5) is 37.8. The zero-order valence-electron chi connectivity index (χ0n) is 17.6. The fraction of sp³-hybridized carbons (Fsp3) is 0.550. The first kappa shape index (κ1) is 23.0. The van der Waals surface area contributed by atoms with Gasteiger partial charge in [0.05, 0.1) is 12.0 Å². The number of esters is 1. The maximum atomic E-state index is 13.1. The first-order valence-electron chi connectivity index (χ1n) is 10.2. The largest absolute Gasteiger partial charge is 0.496 e. The van der Waals surface area contributed by atoms with Crippen molar-refractivity contribution >= 4 is 27.9 Å². The van der Waals surface area contributed by atoms with Crippen LogP contribution in [0.2, 0.25) is 0 Å². The number of nitrogens with one attached hydrogen (secondary N) is 1. The van der Waals surface area contributed by atoms with Crippen molar-refractivity contribution in [3.8, 4) is 5.75 Å². The second-order valence-electron chi connectivity index (χ2n) is 7.45. The standard InChI is InChI=1S/C20H27N3O7S/c1-14(18(24)23-12-9-21-20(23)26)30-19(25)16-13-15(7-8-17(16)29-2)31(27,28)22-10-5-3-4-6-11-22/h7-8,13-14H,3-6,9-12H2,1-2H3,(H,21,26)/t14-/m1/s1. The van der Waals surface area contributed by atoms with Crippen molar-refractivity contribution in [3.63, 3.8) is 0 Å². The number of urea groups is 1. The molecule has 1 atom stereocenters. The van der Waals surface area contributed by atoms with Gasteiger partial charge < -0.3 is 14.8 Å². The highest BCUT2D eigenvalue weighted by atomic mass is 32.2. The molecular formula is C20H27N3O7S. The summed E-state index contributed by atoms with van der Waals surface area (Å²) >= 11 is 0. The number of rotatable bonds is 6. The first-order chi connectivity index (χ1) is 14.8. The van der Waals surface area contributed by atoms with Gasteiger partial charge >= 0.3 is 12.0 Å². The van der Waals surface area contributed by atoms with Gasteiger partial charge in [0.25, 0.3) is 5.91 Å². The lowest BCUT2D eigenvalue weighted by molar-refractivity contribution is -0.136. The molecule has 2 heterocycles. The number of amides is 3. The normalized spacial score (nSPS) is 18.8. The highest BCUT2D eigenvalue weighted by Crippen LogP contribution is 2.27. The summed E-state index contributed by atoms with van der Waals surface area (Å²) in [5.74, 6) is -1.45. The number of ether oxygens (including phenoxy) is 2. The summed E-state index contributed by atoms with van der Waals surface area (Å²) < 4.78 is 38.0. The van der Waals surface area contributed by atoms with Crippen LogP contribution < -0.4 is 10.1 Å². The Bertz CT molecular complexity index is 956. The molecule has 2 fully saturated rings. The van der Waals surface area contributed by atoms with E-state index in [1.54, 1.807) is 0 Å². The van der Waals surface area contributed by atoms with Gasteiger partial charge in [-0.2, -0.15) is 4.31 Å². The average molecular weight is 454 g/mol. The number of carbonyl (C=O) groups excluding carboxylic acids is 3. The van der Waals surface area contributed by atoms with E-state index in [2.05, 4.69) is 5.32 Å². The SMILES string of the molecule is COc1ccc(S(=O)(=O)N2CCCCCC2)cc1C(=O)O[C@H](C)C(=O)N1CCNC1=O. The quantitative estimate of drug-likeness (QED) is 0.645. The van der Waals surface area contributed by atoms with E-state index >= 15 is 0 Å². The number of hydrogen-bond donors (Lipinski definition) is 1. The molecule has 31 heavy (non-hydrogen) atoms. The zero-order chi connectivity index (χ0) is 22.6. The fourth-order valence-corrected chi connectivity index (χ4v) is 5.16. The lowest BCUT2D eigenvalue weighted by Gasteiger charge is -2.21. The predicted octanol–water partition coefficient (Wildman–Crippen LogP) is 1.36. The van der Waals surface area contributed by atoms with Gasteiger partial charge in [-0.25, -0.2) is 18.0 Å². The van der Waals surface area contributed by atoms with E-state index in [0.29, 0.717) is 19.6 Å². The Morgan fingerprint density at radius 3 is 2.35 bits per heavy atom. The number of carbonyl (C=O) groups is 3. The van der Waals surface area contributed by atoms with Gasteiger partial charge in [-0.15, -0.1) is 0 Å². The Hall–Kier alpha value is -2.66. The molecule has 0 spiro atoms. The van der Waals surface area contributed by atoms with Crippen molar-refractivity contribution in [3.05, 3.63) is 23.8 Å². The van der Waals surface area contributed by atoms with E-state index < -0.39 is 34.0 Å². The molecule has 1 aromatic carbocycles. The van der Waals surface area contributed by atoms with Crippen LogP contribution in [-0.2, 0) is 19.6 Å². The number of benzene rings is 1. The van der Waals surface area contributed by atoms with Gasteiger partial charge in [-0.05, 0) is 38.0 Å². The molecule has 0 aliphatic carbocycles. The van der Waals surface area contributed by atoms with Crippen LogP contribution in [0, 0.1) is 0 Å². The van der Waals surface area contributed by atoms with Crippen LogP contribution in [0.1, 0.15) is 43.0 Å². The lowest BCUT2D eigenvalue weighted by Crippen LogP contribution is -2.41. The summed E-state index contributed by atoms with van der Waals surface area (Å²) in [5, 5.41) is 2.50. The second-order valence-corrected chi connectivity index (χ2v) is 9.39.